The average Bonchev–Trinajstić information content (AvgIpc) is 2.87. The van der Waals surface area contributed by atoms with E-state index in [0.29, 0.717) is 28.4 Å². The minimum atomic E-state index is -0.705. The summed E-state index contributed by atoms with van der Waals surface area (Å²) in [5.41, 5.74) is 2.39. The molecule has 1 aromatic heterocycles. The van der Waals surface area contributed by atoms with Crippen LogP contribution in [0.2, 0.25) is 0 Å². The molecule has 0 radical (unpaired) electrons. The summed E-state index contributed by atoms with van der Waals surface area (Å²) >= 11 is 3.45. The summed E-state index contributed by atoms with van der Waals surface area (Å²) in [4.78, 5) is 17.9. The van der Waals surface area contributed by atoms with Gasteiger partial charge in [-0.15, -0.1) is 6.58 Å². The lowest BCUT2D eigenvalue weighted by atomic mass is 9.71. The van der Waals surface area contributed by atoms with Gasteiger partial charge < -0.3 is 14.3 Å². The van der Waals surface area contributed by atoms with E-state index in [9.17, 15) is 9.90 Å². The predicted octanol–water partition coefficient (Wildman–Crippen LogP) is 5.33. The fourth-order valence-electron chi connectivity index (χ4n) is 6.13. The molecular weight excluding hydrogens is 492 g/mol. The van der Waals surface area contributed by atoms with Gasteiger partial charge in [0.05, 0.1) is 25.7 Å². The molecular formula is C28H30BrN2O3+. The van der Waals surface area contributed by atoms with Crippen molar-refractivity contribution >= 4 is 32.6 Å². The number of hydrogen-bond acceptors (Lipinski definition) is 4. The van der Waals surface area contributed by atoms with E-state index < -0.39 is 6.10 Å². The molecule has 4 heterocycles. The fourth-order valence-corrected chi connectivity index (χ4v) is 6.40. The highest BCUT2D eigenvalue weighted by Gasteiger charge is 2.54. The number of halogens is 1. The Bertz CT molecular complexity index is 1230. The molecule has 0 spiro atoms. The third kappa shape index (κ3) is 4.08. The number of piperidine rings is 3. The Morgan fingerprint density at radius 1 is 1.29 bits per heavy atom. The van der Waals surface area contributed by atoms with Crippen molar-refractivity contribution in [2.45, 2.75) is 25.0 Å². The number of carbonyl (C=O) groups is 1. The summed E-state index contributed by atoms with van der Waals surface area (Å²) in [5.74, 6) is 1.71. The Balaban J connectivity index is 1.53. The number of quaternary nitrogens is 1. The second kappa shape index (κ2) is 9.25. The zero-order valence-corrected chi connectivity index (χ0v) is 20.9. The number of methoxy groups -OCH3 is 1. The molecule has 3 aliphatic rings. The van der Waals surface area contributed by atoms with E-state index in [1.165, 1.54) is 0 Å². The van der Waals surface area contributed by atoms with Crippen LogP contribution in [0.4, 0.5) is 0 Å². The van der Waals surface area contributed by atoms with E-state index in [1.807, 2.05) is 48.5 Å². The summed E-state index contributed by atoms with van der Waals surface area (Å²) in [7, 11) is 1.64. The zero-order chi connectivity index (χ0) is 23.9. The molecule has 34 heavy (non-hydrogen) atoms. The third-order valence-electron chi connectivity index (χ3n) is 7.97. The maximum absolute atomic E-state index is 13.4. The second-order valence-corrected chi connectivity index (χ2v) is 10.6. The van der Waals surface area contributed by atoms with Gasteiger partial charge in [0.2, 0.25) is 5.78 Å². The van der Waals surface area contributed by atoms with Crippen LogP contribution in [-0.4, -0.2) is 53.1 Å². The van der Waals surface area contributed by atoms with Crippen molar-refractivity contribution in [3.63, 3.8) is 0 Å². The van der Waals surface area contributed by atoms with E-state index in [2.05, 4.69) is 33.6 Å². The highest BCUT2D eigenvalue weighted by atomic mass is 79.9. The van der Waals surface area contributed by atoms with Gasteiger partial charge in [0, 0.05) is 40.4 Å². The predicted molar refractivity (Wildman–Crippen MR) is 137 cm³/mol. The number of benzene rings is 2. The molecule has 5 atom stereocenters. The van der Waals surface area contributed by atoms with Gasteiger partial charge in [-0.1, -0.05) is 34.1 Å². The van der Waals surface area contributed by atoms with Gasteiger partial charge in [-0.2, -0.15) is 0 Å². The van der Waals surface area contributed by atoms with Gasteiger partial charge in [-0.25, -0.2) is 0 Å². The van der Waals surface area contributed by atoms with Crippen molar-refractivity contribution in [1.82, 2.24) is 4.98 Å². The molecule has 3 fully saturated rings. The van der Waals surface area contributed by atoms with Crippen molar-refractivity contribution in [3.05, 3.63) is 83.0 Å². The number of Topliss-reactive ketones (excluding diaryl/α,β-unsaturated/α-hetero) is 1. The summed E-state index contributed by atoms with van der Waals surface area (Å²) in [5, 5.41) is 12.7. The molecule has 5 nitrogen and oxygen atoms in total. The number of ketones is 1. The molecule has 2 bridgehead atoms. The number of rotatable bonds is 7. The molecule has 6 rings (SSSR count). The van der Waals surface area contributed by atoms with E-state index in [0.717, 1.165) is 52.6 Å². The van der Waals surface area contributed by atoms with Crippen molar-refractivity contribution in [2.75, 3.05) is 26.7 Å². The van der Waals surface area contributed by atoms with Crippen LogP contribution in [0.1, 0.15) is 34.9 Å². The van der Waals surface area contributed by atoms with Gasteiger partial charge in [-0.05, 0) is 47.9 Å². The summed E-state index contributed by atoms with van der Waals surface area (Å²) < 4.78 is 6.99. The molecule has 1 N–H and O–H groups in total. The molecule has 0 unspecified atom stereocenters. The van der Waals surface area contributed by atoms with E-state index >= 15 is 0 Å². The maximum atomic E-state index is 13.4. The number of ether oxygens (including phenoxy) is 1. The molecule has 2 aromatic carbocycles. The van der Waals surface area contributed by atoms with Crippen LogP contribution in [0, 0.1) is 11.8 Å². The summed E-state index contributed by atoms with van der Waals surface area (Å²) in [6.07, 6.45) is 5.03. The molecule has 3 aromatic rings. The maximum Gasteiger partial charge on any atom is 0.216 e. The van der Waals surface area contributed by atoms with Gasteiger partial charge in [0.25, 0.3) is 0 Å². The third-order valence-corrected chi connectivity index (χ3v) is 8.49. The Morgan fingerprint density at radius 2 is 2.09 bits per heavy atom. The number of nitrogens with zero attached hydrogens (tertiary/aromatic N) is 2. The normalized spacial score (nSPS) is 26.9. The molecule has 176 valence electrons. The van der Waals surface area contributed by atoms with Crippen LogP contribution in [-0.2, 0) is 0 Å². The highest BCUT2D eigenvalue weighted by molar-refractivity contribution is 9.10. The molecule has 6 heteroatoms. The Labute approximate surface area is 208 Å². The van der Waals surface area contributed by atoms with Gasteiger partial charge in [0.15, 0.2) is 0 Å². The average molecular weight is 522 g/mol. The lowest BCUT2D eigenvalue weighted by Gasteiger charge is -2.57. The quantitative estimate of drug-likeness (QED) is 0.259. The molecule has 0 saturated carbocycles. The summed E-state index contributed by atoms with van der Waals surface area (Å²) in [6, 6.07) is 15.2. The second-order valence-electron chi connectivity index (χ2n) is 9.69. The summed E-state index contributed by atoms with van der Waals surface area (Å²) in [6.45, 7) is 6.20. The van der Waals surface area contributed by atoms with Crippen LogP contribution in [0.15, 0.2) is 71.9 Å². The number of hydrogen-bond donors (Lipinski definition) is 1. The Hall–Kier alpha value is -2.54. The van der Waals surface area contributed by atoms with E-state index in [-0.39, 0.29) is 11.8 Å². The largest absolute Gasteiger partial charge is 0.497 e. The molecule has 0 amide bonds. The van der Waals surface area contributed by atoms with E-state index in [1.54, 1.807) is 13.3 Å². The van der Waals surface area contributed by atoms with Crippen LogP contribution in [0.25, 0.3) is 10.9 Å². The first-order valence-electron chi connectivity index (χ1n) is 11.8. The van der Waals surface area contributed by atoms with Crippen LogP contribution >= 0.6 is 15.9 Å². The number of fused-ring (bicyclic) bond motifs is 4. The fraction of sp³-hybridized carbons (Fsp3) is 0.357. The molecule has 3 saturated heterocycles. The monoisotopic (exact) mass is 521 g/mol. The minimum absolute atomic E-state index is 0.0638. The molecule has 3 aliphatic heterocycles. The first kappa shape index (κ1) is 23.2. The topological polar surface area (TPSA) is 59.4 Å². The lowest BCUT2D eigenvalue weighted by molar-refractivity contribution is -0.966. The smallest absolute Gasteiger partial charge is 0.216 e. The number of aliphatic hydroxyl groups excluding tert-OH is 1. The van der Waals surface area contributed by atoms with Gasteiger partial charge in [-0.3, -0.25) is 9.78 Å². The highest BCUT2D eigenvalue weighted by Crippen LogP contribution is 2.47. The molecule has 0 aliphatic carbocycles. The number of carbonyl (C=O) groups excluding carboxylic acids is 1. The standard InChI is InChI=1S/C28H30BrN2O3/c1-3-18-16-31(17-27(32)19-4-6-21(29)7-5-19)13-11-20(18)14-26(31)28(33)23-10-12-30-25-9-8-22(34-2)15-24(23)25/h3-10,12,15,18,20,26,28,33H,1,11,13-14,16-17H2,2H3/q+1/t18-,20-,26-,28+,31-/m0/s1. The van der Waals surface area contributed by atoms with Crippen LogP contribution in [0.5, 0.6) is 5.75 Å². The Morgan fingerprint density at radius 3 is 2.82 bits per heavy atom. The van der Waals surface area contributed by atoms with Crippen molar-refractivity contribution in [1.29, 1.82) is 0 Å². The number of pyridine rings is 1. The SMILES string of the molecule is C=C[C@H]1C[N@+]2(CC(=O)c3ccc(Br)cc3)CC[C@H]1C[C@H]2[C@H](O)c1ccnc2ccc(OC)cc12. The van der Waals surface area contributed by atoms with Crippen LogP contribution < -0.4 is 4.74 Å². The van der Waals surface area contributed by atoms with Crippen molar-refractivity contribution < 1.29 is 19.1 Å². The zero-order valence-electron chi connectivity index (χ0n) is 19.4. The van der Waals surface area contributed by atoms with Gasteiger partial charge >= 0.3 is 0 Å². The van der Waals surface area contributed by atoms with Crippen molar-refractivity contribution in [2.24, 2.45) is 11.8 Å². The van der Waals surface area contributed by atoms with Crippen LogP contribution in [0.3, 0.4) is 0 Å². The van der Waals surface area contributed by atoms with E-state index in [4.69, 9.17) is 4.74 Å². The number of aromatic nitrogens is 1. The van der Waals surface area contributed by atoms with Gasteiger partial charge in [0.1, 0.15) is 24.4 Å². The Kier molecular flexibility index (Phi) is 6.32. The van der Waals surface area contributed by atoms with Crippen molar-refractivity contribution in [3.8, 4) is 5.75 Å². The first-order valence-corrected chi connectivity index (χ1v) is 12.6. The number of aliphatic hydroxyl groups is 1. The first-order chi connectivity index (χ1) is 16.4. The lowest BCUT2D eigenvalue weighted by Crippen LogP contribution is -2.69. The minimum Gasteiger partial charge on any atom is -0.497 e.